The van der Waals surface area contributed by atoms with Gasteiger partial charge in [-0.2, -0.15) is 0 Å². The number of nitrogens with zero attached hydrogens (tertiary/aromatic N) is 1. The molecule has 0 aromatic carbocycles. The minimum absolute atomic E-state index is 0.556. The maximum Gasteiger partial charge on any atom is 0.172 e. The summed E-state index contributed by atoms with van der Waals surface area (Å²) in [6, 6.07) is 3.09. The predicted octanol–water partition coefficient (Wildman–Crippen LogP) is 15.2. The second-order valence-corrected chi connectivity index (χ2v) is 15.2. The van der Waals surface area contributed by atoms with Gasteiger partial charge >= 0.3 is 0 Å². The van der Waals surface area contributed by atoms with Crippen LogP contribution in [0.2, 0.25) is 0 Å². The Kier molecular flexibility index (Phi) is 31.0. The van der Waals surface area contributed by atoms with E-state index in [4.69, 9.17) is 0 Å². The Labute approximate surface area is 285 Å². The van der Waals surface area contributed by atoms with Crippen LogP contribution in [0.25, 0.3) is 0 Å². The molecule has 0 aliphatic rings. The first-order chi connectivity index (χ1) is 22.2. The Balaban J connectivity index is 2.02. The van der Waals surface area contributed by atoms with Gasteiger partial charge in [-0.05, 0) is 45.6 Å². The minimum atomic E-state index is 0.556. The first kappa shape index (κ1) is 42.2. The zero-order valence-electron chi connectivity index (χ0n) is 31.8. The highest BCUT2D eigenvalue weighted by Gasteiger charge is 2.11. The number of pyridine rings is 1. The summed E-state index contributed by atoms with van der Waals surface area (Å²) in [5, 5.41) is 0. The third-order valence-corrected chi connectivity index (χ3v) is 10.2. The van der Waals surface area contributed by atoms with Crippen LogP contribution in [-0.4, -0.2) is 0 Å². The molecule has 0 atom stereocenters. The molecule has 264 valence electrons. The zero-order valence-corrected chi connectivity index (χ0v) is 31.8. The molecule has 0 amide bonds. The van der Waals surface area contributed by atoms with E-state index in [-0.39, 0.29) is 0 Å². The molecule has 0 bridgehead atoms. The van der Waals surface area contributed by atoms with Crippen molar-refractivity contribution in [3.63, 3.8) is 0 Å². The number of hydrogen-bond donors (Lipinski definition) is 0. The fourth-order valence-electron chi connectivity index (χ4n) is 7.06. The molecule has 1 aromatic rings. The van der Waals surface area contributed by atoms with Gasteiger partial charge in [0.2, 0.25) is 0 Å². The van der Waals surface area contributed by atoms with Crippen LogP contribution in [-0.2, 0) is 12.8 Å². The van der Waals surface area contributed by atoms with Crippen molar-refractivity contribution in [1.29, 1.82) is 0 Å². The van der Waals surface area contributed by atoms with Crippen LogP contribution >= 0.6 is 0 Å². The van der Waals surface area contributed by atoms with Crippen LogP contribution in [0.5, 0.6) is 0 Å². The third-order valence-electron chi connectivity index (χ3n) is 10.2. The van der Waals surface area contributed by atoms with Gasteiger partial charge in [-0.25, -0.2) is 4.57 Å². The summed E-state index contributed by atoms with van der Waals surface area (Å²) in [5.74, 6) is 0. The van der Waals surface area contributed by atoms with Crippen molar-refractivity contribution in [2.45, 2.75) is 252 Å². The summed E-state index contributed by atoms with van der Waals surface area (Å²) >= 11 is 0. The Morgan fingerprint density at radius 3 is 0.800 bits per heavy atom. The van der Waals surface area contributed by atoms with Gasteiger partial charge in [0, 0.05) is 11.1 Å². The van der Waals surface area contributed by atoms with E-state index in [1.54, 1.807) is 11.1 Å². The topological polar surface area (TPSA) is 3.88 Å². The quantitative estimate of drug-likeness (QED) is 0.0521. The van der Waals surface area contributed by atoms with Gasteiger partial charge in [-0.3, -0.25) is 0 Å². The summed E-state index contributed by atoms with van der Waals surface area (Å²) in [7, 11) is 0. The molecule has 0 radical (unpaired) electrons. The normalized spacial score (nSPS) is 11.7. The van der Waals surface area contributed by atoms with Crippen LogP contribution < -0.4 is 4.57 Å². The molecule has 0 saturated heterocycles. The Hall–Kier alpha value is -0.850. The Bertz CT molecular complexity index is 667. The van der Waals surface area contributed by atoms with Crippen LogP contribution in [0.15, 0.2) is 18.5 Å². The fraction of sp³-hybridized carbons (Fsp3) is 0.886. The molecule has 0 saturated carbocycles. The van der Waals surface area contributed by atoms with Crippen molar-refractivity contribution in [3.8, 4) is 0 Å². The van der Waals surface area contributed by atoms with Crippen molar-refractivity contribution in [3.05, 3.63) is 29.6 Å². The molecule has 0 unspecified atom stereocenters. The third kappa shape index (κ3) is 27.9. The van der Waals surface area contributed by atoms with Gasteiger partial charge in [0.25, 0.3) is 0 Å². The lowest BCUT2D eigenvalue weighted by molar-refractivity contribution is -0.716. The number of rotatable bonds is 35. The van der Waals surface area contributed by atoms with Gasteiger partial charge in [0.1, 0.15) is 0 Å². The van der Waals surface area contributed by atoms with Crippen molar-refractivity contribution in [2.24, 2.45) is 0 Å². The van der Waals surface area contributed by atoms with E-state index in [0.717, 1.165) is 0 Å². The molecular formula is C44H84N+. The van der Waals surface area contributed by atoms with E-state index in [9.17, 15) is 0 Å². The van der Waals surface area contributed by atoms with E-state index in [2.05, 4.69) is 50.7 Å². The van der Waals surface area contributed by atoms with Crippen molar-refractivity contribution in [1.82, 2.24) is 0 Å². The average Bonchev–Trinajstić information content (AvgIpc) is 3.04. The number of hydrogen-bond acceptors (Lipinski definition) is 0. The molecular weight excluding hydrogens is 542 g/mol. The Morgan fingerprint density at radius 2 is 0.578 bits per heavy atom. The molecule has 0 N–H and O–H groups in total. The predicted molar refractivity (Wildman–Crippen MR) is 204 cm³/mol. The lowest BCUT2D eigenvalue weighted by Gasteiger charge is -2.08. The number of unbranched alkanes of at least 4 members (excludes halogenated alkanes) is 30. The summed E-state index contributed by atoms with van der Waals surface area (Å²) < 4.78 is 2.48. The average molecular weight is 627 g/mol. The van der Waals surface area contributed by atoms with Crippen molar-refractivity contribution in [2.75, 3.05) is 0 Å². The first-order valence-corrected chi connectivity index (χ1v) is 21.2. The van der Waals surface area contributed by atoms with Gasteiger partial charge in [-0.15, -0.1) is 0 Å². The van der Waals surface area contributed by atoms with Crippen LogP contribution in [0, 0.1) is 0 Å². The summed E-state index contributed by atoms with van der Waals surface area (Å²) in [4.78, 5) is 0. The summed E-state index contributed by atoms with van der Waals surface area (Å²) in [6.07, 6.45) is 53.7. The highest BCUT2D eigenvalue weighted by Crippen LogP contribution is 2.17. The van der Waals surface area contributed by atoms with Gasteiger partial charge in [-0.1, -0.05) is 206 Å². The van der Waals surface area contributed by atoms with Crippen LogP contribution in [0.1, 0.15) is 250 Å². The molecule has 0 aliphatic carbocycles. The maximum atomic E-state index is 2.54. The molecule has 45 heavy (non-hydrogen) atoms. The van der Waals surface area contributed by atoms with Crippen LogP contribution in [0.3, 0.4) is 0 Å². The summed E-state index contributed by atoms with van der Waals surface area (Å²) in [5.41, 5.74) is 3.14. The second kappa shape index (κ2) is 33.1. The molecule has 1 heteroatoms. The van der Waals surface area contributed by atoms with Crippen molar-refractivity contribution < 1.29 is 4.57 Å². The van der Waals surface area contributed by atoms with Crippen molar-refractivity contribution >= 4 is 0 Å². The van der Waals surface area contributed by atoms with E-state index in [1.165, 1.54) is 218 Å². The molecule has 0 spiro atoms. The second-order valence-electron chi connectivity index (χ2n) is 15.2. The van der Waals surface area contributed by atoms with E-state index < -0.39 is 0 Å². The van der Waals surface area contributed by atoms with Gasteiger partial charge in [0.15, 0.2) is 18.4 Å². The van der Waals surface area contributed by atoms with Gasteiger partial charge in [0.05, 0.1) is 0 Å². The fourth-order valence-corrected chi connectivity index (χ4v) is 7.06. The standard InChI is InChI=1S/C44H84N/c1-5-7-9-11-13-15-17-19-21-23-25-27-29-31-33-35-37-43-39-44(41-45(40-43)42(3)4)38-36-34-32-30-28-26-24-22-20-18-16-14-12-10-8-6-2/h39-42H,5-38H2,1-4H3/q+1. The highest BCUT2D eigenvalue weighted by atomic mass is 15.0. The lowest BCUT2D eigenvalue weighted by atomic mass is 10.0. The smallest absolute Gasteiger partial charge is 0.172 e. The molecule has 1 nitrogen and oxygen atoms in total. The number of aromatic nitrogens is 1. The largest absolute Gasteiger partial charge is 0.203 e. The van der Waals surface area contributed by atoms with E-state index in [1.807, 2.05) is 0 Å². The monoisotopic (exact) mass is 627 g/mol. The molecule has 0 fully saturated rings. The Morgan fingerprint density at radius 1 is 0.356 bits per heavy atom. The zero-order chi connectivity index (χ0) is 32.5. The first-order valence-electron chi connectivity index (χ1n) is 21.2. The highest BCUT2D eigenvalue weighted by molar-refractivity contribution is 5.15. The number of aryl methyl sites for hydroxylation is 2. The molecule has 1 rings (SSSR count). The van der Waals surface area contributed by atoms with Gasteiger partial charge < -0.3 is 0 Å². The van der Waals surface area contributed by atoms with E-state index >= 15 is 0 Å². The molecule has 0 aliphatic heterocycles. The summed E-state index contributed by atoms with van der Waals surface area (Å²) in [6.45, 7) is 9.28. The maximum absolute atomic E-state index is 2.54. The molecule has 1 heterocycles. The minimum Gasteiger partial charge on any atom is -0.203 e. The molecule has 1 aromatic heterocycles. The SMILES string of the molecule is CCCCCCCCCCCCCCCCCCc1cc(CCCCCCCCCCCCCCCCCC)c[n+](C(C)C)c1. The van der Waals surface area contributed by atoms with Crippen LogP contribution in [0.4, 0.5) is 0 Å². The lowest BCUT2D eigenvalue weighted by Crippen LogP contribution is -2.36. The van der Waals surface area contributed by atoms with E-state index in [0.29, 0.717) is 6.04 Å².